The number of carbonyl (C=O) groups is 3. The fourth-order valence-corrected chi connectivity index (χ4v) is 4.68. The number of nitrogens with two attached hydrogens (primary N) is 1. The van der Waals surface area contributed by atoms with E-state index in [0.29, 0.717) is 52.4 Å². The Kier molecular flexibility index (Phi) is 7.15. The number of ether oxygens (including phenoxy) is 2. The zero-order chi connectivity index (χ0) is 28.4. The second kappa shape index (κ2) is 10.8. The summed E-state index contributed by atoms with van der Waals surface area (Å²) in [6.07, 6.45) is 4.71. The smallest absolute Gasteiger partial charge is 0.335 e. The fraction of sp³-hybridized carbons (Fsp3) is 0.214. The first-order valence-corrected chi connectivity index (χ1v) is 12.4. The number of fused-ring (bicyclic) bond motifs is 1. The molecule has 1 aliphatic rings. The SMILES string of the molecule is COc1ncc(-c2ccc3c(Nc4cc(C(=O)O)cc(C(=O)N5CCCC5)c4)c(C(N)=O)cnc3c2)c(OC)n1. The average Bonchev–Trinajstić information content (AvgIpc) is 3.51. The molecule has 3 heterocycles. The Morgan fingerprint density at radius 2 is 1.73 bits per heavy atom. The average molecular weight is 543 g/mol. The van der Waals surface area contributed by atoms with E-state index in [2.05, 4.69) is 20.3 Å². The van der Waals surface area contributed by atoms with Crippen LogP contribution >= 0.6 is 0 Å². The van der Waals surface area contributed by atoms with Crippen LogP contribution in [-0.4, -0.2) is 70.1 Å². The number of carboxylic acid groups (broad SMARTS) is 1. The molecule has 0 unspecified atom stereocenters. The van der Waals surface area contributed by atoms with Gasteiger partial charge in [0.2, 0.25) is 5.88 Å². The van der Waals surface area contributed by atoms with Crippen molar-refractivity contribution in [2.75, 3.05) is 32.6 Å². The molecular weight excluding hydrogens is 516 g/mol. The van der Waals surface area contributed by atoms with Crippen LogP contribution in [0.5, 0.6) is 11.9 Å². The van der Waals surface area contributed by atoms with Crippen molar-refractivity contribution >= 4 is 40.1 Å². The molecule has 0 spiro atoms. The molecule has 40 heavy (non-hydrogen) atoms. The Labute approximate surface area is 228 Å². The first-order chi connectivity index (χ1) is 19.3. The summed E-state index contributed by atoms with van der Waals surface area (Å²) >= 11 is 0. The van der Waals surface area contributed by atoms with E-state index in [1.54, 1.807) is 35.4 Å². The number of primary amides is 1. The lowest BCUT2D eigenvalue weighted by atomic mass is 10.0. The molecular formula is C28H26N6O6. The molecule has 2 amide bonds. The van der Waals surface area contributed by atoms with Crippen LogP contribution in [0.15, 0.2) is 48.8 Å². The van der Waals surface area contributed by atoms with Gasteiger partial charge in [-0.25, -0.2) is 9.78 Å². The highest BCUT2D eigenvalue weighted by molar-refractivity contribution is 6.08. The topological polar surface area (TPSA) is 170 Å². The Hall–Kier alpha value is -5.26. The van der Waals surface area contributed by atoms with Gasteiger partial charge in [0.05, 0.1) is 42.1 Å². The van der Waals surface area contributed by atoms with E-state index < -0.39 is 11.9 Å². The highest BCUT2D eigenvalue weighted by atomic mass is 16.5. The lowest BCUT2D eigenvalue weighted by Crippen LogP contribution is -2.27. The zero-order valence-corrected chi connectivity index (χ0v) is 21.8. The van der Waals surface area contributed by atoms with Gasteiger partial charge in [-0.3, -0.25) is 14.6 Å². The second-order valence-electron chi connectivity index (χ2n) is 9.15. The molecule has 1 fully saturated rings. The predicted octanol–water partition coefficient (Wildman–Crippen LogP) is 3.49. The van der Waals surface area contributed by atoms with E-state index in [1.807, 2.05) is 0 Å². The third-order valence-electron chi connectivity index (χ3n) is 6.64. The minimum absolute atomic E-state index is 0.0691. The van der Waals surface area contributed by atoms with Crippen molar-refractivity contribution in [1.29, 1.82) is 0 Å². The Morgan fingerprint density at radius 1 is 0.975 bits per heavy atom. The summed E-state index contributed by atoms with van der Waals surface area (Å²) in [5.74, 6) is -1.86. The predicted molar refractivity (Wildman–Crippen MR) is 146 cm³/mol. The maximum Gasteiger partial charge on any atom is 0.335 e. The second-order valence-corrected chi connectivity index (χ2v) is 9.15. The van der Waals surface area contributed by atoms with E-state index >= 15 is 0 Å². The number of aromatic nitrogens is 3. The third-order valence-corrected chi connectivity index (χ3v) is 6.64. The van der Waals surface area contributed by atoms with Crippen LogP contribution in [0.25, 0.3) is 22.0 Å². The van der Waals surface area contributed by atoms with Crippen molar-refractivity contribution in [3.63, 3.8) is 0 Å². The maximum absolute atomic E-state index is 13.1. The minimum Gasteiger partial charge on any atom is -0.480 e. The zero-order valence-electron chi connectivity index (χ0n) is 21.8. The summed E-state index contributed by atoms with van der Waals surface area (Å²) in [5, 5.41) is 13.4. The Bertz CT molecular complexity index is 1650. The largest absolute Gasteiger partial charge is 0.480 e. The van der Waals surface area contributed by atoms with Gasteiger partial charge in [0.25, 0.3) is 11.8 Å². The molecule has 1 aliphatic heterocycles. The van der Waals surface area contributed by atoms with Gasteiger partial charge < -0.3 is 30.5 Å². The molecule has 204 valence electrons. The third kappa shape index (κ3) is 5.06. The number of hydrogen-bond acceptors (Lipinski definition) is 9. The number of rotatable bonds is 8. The van der Waals surface area contributed by atoms with E-state index in [1.165, 1.54) is 32.5 Å². The summed E-state index contributed by atoms with van der Waals surface area (Å²) < 4.78 is 10.5. The molecule has 0 saturated carbocycles. The van der Waals surface area contributed by atoms with Crippen molar-refractivity contribution < 1.29 is 29.0 Å². The normalized spacial score (nSPS) is 12.8. The van der Waals surface area contributed by atoms with E-state index in [9.17, 15) is 19.5 Å². The molecule has 0 bridgehead atoms. The number of nitrogens with zero attached hydrogens (tertiary/aromatic N) is 4. The van der Waals surface area contributed by atoms with Crippen LogP contribution in [0.1, 0.15) is 43.9 Å². The van der Waals surface area contributed by atoms with Gasteiger partial charge in [-0.15, -0.1) is 0 Å². The summed E-state index contributed by atoms with van der Waals surface area (Å²) in [4.78, 5) is 51.8. The summed E-state index contributed by atoms with van der Waals surface area (Å²) in [6.45, 7) is 1.23. The maximum atomic E-state index is 13.1. The number of likely N-dealkylation sites (tertiary alicyclic amines) is 1. The van der Waals surface area contributed by atoms with Gasteiger partial charge in [-0.05, 0) is 42.7 Å². The van der Waals surface area contributed by atoms with Crippen LogP contribution in [0.4, 0.5) is 11.4 Å². The molecule has 0 atom stereocenters. The first-order valence-electron chi connectivity index (χ1n) is 12.4. The van der Waals surface area contributed by atoms with E-state index in [4.69, 9.17) is 15.2 Å². The molecule has 4 N–H and O–H groups in total. The standard InChI is InChI=1S/C28H26N6O6/c1-39-25-20(13-31-28(33-25)40-2)15-5-6-19-22(12-15)30-14-21(24(29)35)23(19)32-18-10-16(9-17(11-18)27(37)38)26(36)34-7-3-4-8-34/h5-6,9-14H,3-4,7-8H2,1-2H3,(H2,29,35)(H,30,32)(H,37,38). The van der Waals surface area contributed by atoms with Gasteiger partial charge >= 0.3 is 12.0 Å². The summed E-state index contributed by atoms with van der Waals surface area (Å²) in [7, 11) is 2.94. The highest BCUT2D eigenvalue weighted by Crippen LogP contribution is 2.35. The molecule has 0 radical (unpaired) electrons. The fourth-order valence-electron chi connectivity index (χ4n) is 4.68. The van der Waals surface area contributed by atoms with Crippen molar-refractivity contribution in [3.8, 4) is 23.0 Å². The minimum atomic E-state index is -1.19. The van der Waals surface area contributed by atoms with Crippen LogP contribution in [0.2, 0.25) is 0 Å². The Morgan fingerprint density at radius 3 is 2.40 bits per heavy atom. The number of carbonyl (C=O) groups excluding carboxylic acids is 2. The summed E-state index contributed by atoms with van der Waals surface area (Å²) in [5.41, 5.74) is 8.36. The molecule has 12 nitrogen and oxygen atoms in total. The number of benzene rings is 2. The van der Waals surface area contributed by atoms with Gasteiger partial charge in [0.15, 0.2) is 0 Å². The molecule has 1 saturated heterocycles. The lowest BCUT2D eigenvalue weighted by Gasteiger charge is -2.18. The van der Waals surface area contributed by atoms with Gasteiger partial charge in [-0.2, -0.15) is 4.98 Å². The number of aromatic carboxylic acids is 1. The molecule has 2 aromatic carbocycles. The molecule has 2 aromatic heterocycles. The van der Waals surface area contributed by atoms with Crippen LogP contribution in [0, 0.1) is 0 Å². The van der Waals surface area contributed by atoms with Gasteiger partial charge in [-0.1, -0.05) is 12.1 Å². The first kappa shape index (κ1) is 26.4. The summed E-state index contributed by atoms with van der Waals surface area (Å²) in [6, 6.07) is 9.77. The van der Waals surface area contributed by atoms with Crippen molar-refractivity contribution in [1.82, 2.24) is 19.9 Å². The monoisotopic (exact) mass is 542 g/mol. The van der Waals surface area contributed by atoms with Crippen LogP contribution in [-0.2, 0) is 0 Å². The lowest BCUT2D eigenvalue weighted by molar-refractivity contribution is 0.0696. The molecule has 5 rings (SSSR count). The van der Waals surface area contributed by atoms with Crippen molar-refractivity contribution in [2.24, 2.45) is 5.73 Å². The van der Waals surface area contributed by atoms with E-state index in [0.717, 1.165) is 12.8 Å². The number of hydrogen-bond donors (Lipinski definition) is 3. The Balaban J connectivity index is 1.60. The number of anilines is 2. The number of carboxylic acids is 1. The molecule has 0 aliphatic carbocycles. The number of methoxy groups -OCH3 is 2. The van der Waals surface area contributed by atoms with E-state index in [-0.39, 0.29) is 28.6 Å². The number of nitrogens with one attached hydrogen (secondary N) is 1. The highest BCUT2D eigenvalue weighted by Gasteiger charge is 2.22. The molecule has 4 aromatic rings. The van der Waals surface area contributed by atoms with Crippen molar-refractivity contribution in [2.45, 2.75) is 12.8 Å². The van der Waals surface area contributed by atoms with Crippen LogP contribution < -0.4 is 20.5 Å². The van der Waals surface area contributed by atoms with Gasteiger partial charge in [0, 0.05) is 42.1 Å². The molecule has 12 heteroatoms. The van der Waals surface area contributed by atoms with Crippen molar-refractivity contribution in [3.05, 3.63) is 65.5 Å². The van der Waals surface area contributed by atoms with Gasteiger partial charge in [0.1, 0.15) is 0 Å². The van der Waals surface area contributed by atoms with Crippen LogP contribution in [0.3, 0.4) is 0 Å². The number of amides is 2. The quantitative estimate of drug-likeness (QED) is 0.299. The number of pyridine rings is 1.